The minimum atomic E-state index is -0.558. The standard InChI is InChI=1S/C14H14N2O3.C2H6/c1-8-6-11(17)15-13(18)12(8)16-7-9-4-2-3-5-10(9)14(16)19;1-2/h2-5,8,12H,6-7H2,1H3,(H,15,17,18);1-2H3. The molecule has 0 radical (unpaired) electrons. The topological polar surface area (TPSA) is 66.5 Å². The van der Waals surface area contributed by atoms with Gasteiger partial charge in [0.05, 0.1) is 0 Å². The van der Waals surface area contributed by atoms with E-state index in [1.165, 1.54) is 0 Å². The molecule has 0 saturated carbocycles. The Labute approximate surface area is 124 Å². The molecular formula is C16H20N2O3. The molecule has 1 N–H and O–H groups in total. The summed E-state index contributed by atoms with van der Waals surface area (Å²) in [6.07, 6.45) is 0.274. The van der Waals surface area contributed by atoms with E-state index in [1.807, 2.05) is 39.0 Å². The maximum absolute atomic E-state index is 12.3. The fourth-order valence-electron chi connectivity index (χ4n) is 2.88. The molecule has 2 heterocycles. The van der Waals surface area contributed by atoms with Crippen LogP contribution in [0.2, 0.25) is 0 Å². The Morgan fingerprint density at radius 3 is 2.43 bits per heavy atom. The van der Waals surface area contributed by atoms with Gasteiger partial charge < -0.3 is 4.90 Å². The first-order valence-corrected chi connectivity index (χ1v) is 7.30. The zero-order valence-corrected chi connectivity index (χ0v) is 12.6. The van der Waals surface area contributed by atoms with Gasteiger partial charge in [-0.25, -0.2) is 0 Å². The second-order valence-corrected chi connectivity index (χ2v) is 5.13. The molecule has 1 aromatic rings. The number of imide groups is 1. The second-order valence-electron chi connectivity index (χ2n) is 5.13. The highest BCUT2D eigenvalue weighted by atomic mass is 16.2. The highest BCUT2D eigenvalue weighted by Gasteiger charge is 2.42. The fraction of sp³-hybridized carbons (Fsp3) is 0.438. The van der Waals surface area contributed by atoms with Gasteiger partial charge in [0.25, 0.3) is 5.91 Å². The lowest BCUT2D eigenvalue weighted by atomic mass is 9.92. The van der Waals surface area contributed by atoms with Gasteiger partial charge in [-0.2, -0.15) is 0 Å². The van der Waals surface area contributed by atoms with Crippen molar-refractivity contribution in [3.8, 4) is 0 Å². The van der Waals surface area contributed by atoms with E-state index in [0.717, 1.165) is 5.56 Å². The molecule has 1 fully saturated rings. The molecule has 2 aliphatic heterocycles. The molecule has 2 aliphatic rings. The normalized spacial score (nSPS) is 24.1. The third kappa shape index (κ3) is 2.68. The van der Waals surface area contributed by atoms with Crippen LogP contribution in [0, 0.1) is 5.92 Å². The van der Waals surface area contributed by atoms with Crippen LogP contribution in [0.3, 0.4) is 0 Å². The molecule has 1 aromatic carbocycles. The Bertz CT molecular complexity index is 583. The van der Waals surface area contributed by atoms with Crippen LogP contribution < -0.4 is 5.32 Å². The molecule has 5 heteroatoms. The fourth-order valence-corrected chi connectivity index (χ4v) is 2.88. The molecule has 3 rings (SSSR count). The average molecular weight is 288 g/mol. The van der Waals surface area contributed by atoms with Gasteiger partial charge in [-0.05, 0) is 17.5 Å². The number of piperidine rings is 1. The third-order valence-corrected chi connectivity index (χ3v) is 3.76. The maximum atomic E-state index is 12.3. The molecule has 0 spiro atoms. The number of benzene rings is 1. The summed E-state index contributed by atoms with van der Waals surface area (Å²) in [7, 11) is 0. The zero-order chi connectivity index (χ0) is 15.6. The third-order valence-electron chi connectivity index (χ3n) is 3.76. The molecular weight excluding hydrogens is 268 g/mol. The van der Waals surface area contributed by atoms with Crippen LogP contribution in [0.1, 0.15) is 43.1 Å². The summed E-state index contributed by atoms with van der Waals surface area (Å²) >= 11 is 0. The summed E-state index contributed by atoms with van der Waals surface area (Å²) in [5.41, 5.74) is 1.59. The van der Waals surface area contributed by atoms with E-state index < -0.39 is 6.04 Å². The second kappa shape index (κ2) is 6.08. The molecule has 1 saturated heterocycles. The van der Waals surface area contributed by atoms with E-state index >= 15 is 0 Å². The van der Waals surface area contributed by atoms with E-state index in [0.29, 0.717) is 12.1 Å². The Hall–Kier alpha value is -2.17. The van der Waals surface area contributed by atoms with Gasteiger partial charge in [-0.3, -0.25) is 19.7 Å². The minimum absolute atomic E-state index is 0.128. The van der Waals surface area contributed by atoms with Crippen molar-refractivity contribution >= 4 is 17.7 Å². The highest BCUT2D eigenvalue weighted by Crippen LogP contribution is 2.29. The summed E-state index contributed by atoms with van der Waals surface area (Å²) in [6, 6.07) is 6.80. The smallest absolute Gasteiger partial charge is 0.255 e. The molecule has 112 valence electrons. The van der Waals surface area contributed by atoms with Gasteiger partial charge >= 0.3 is 0 Å². The quantitative estimate of drug-likeness (QED) is 0.800. The molecule has 2 atom stereocenters. The first-order valence-electron chi connectivity index (χ1n) is 7.30. The van der Waals surface area contributed by atoms with Gasteiger partial charge in [0.2, 0.25) is 11.8 Å². The molecule has 0 bridgehead atoms. The van der Waals surface area contributed by atoms with Crippen LogP contribution >= 0.6 is 0 Å². The van der Waals surface area contributed by atoms with Crippen molar-refractivity contribution in [2.24, 2.45) is 5.92 Å². The van der Waals surface area contributed by atoms with E-state index in [9.17, 15) is 14.4 Å². The molecule has 0 aromatic heterocycles. The molecule has 0 aliphatic carbocycles. The van der Waals surface area contributed by atoms with Crippen LogP contribution in [0.5, 0.6) is 0 Å². The van der Waals surface area contributed by atoms with Crippen molar-refractivity contribution in [2.45, 2.75) is 39.8 Å². The van der Waals surface area contributed by atoms with Crippen molar-refractivity contribution in [1.82, 2.24) is 10.2 Å². The Morgan fingerprint density at radius 1 is 1.14 bits per heavy atom. The summed E-state index contributed by atoms with van der Waals surface area (Å²) in [6.45, 7) is 6.27. The van der Waals surface area contributed by atoms with Gasteiger partial charge in [0, 0.05) is 18.5 Å². The Kier molecular flexibility index (Phi) is 4.40. The summed E-state index contributed by atoms with van der Waals surface area (Å²) < 4.78 is 0. The highest BCUT2D eigenvalue weighted by molar-refractivity contribution is 6.05. The van der Waals surface area contributed by atoms with Crippen LogP contribution in [0.4, 0.5) is 0 Å². The predicted octanol–water partition coefficient (Wildman–Crippen LogP) is 1.72. The maximum Gasteiger partial charge on any atom is 0.255 e. The molecule has 2 unspecified atom stereocenters. The Balaban J connectivity index is 0.000000774. The molecule has 5 nitrogen and oxygen atoms in total. The van der Waals surface area contributed by atoms with Crippen molar-refractivity contribution < 1.29 is 14.4 Å². The van der Waals surface area contributed by atoms with E-state index in [4.69, 9.17) is 0 Å². The number of fused-ring (bicyclic) bond motifs is 1. The average Bonchev–Trinajstić information content (AvgIpc) is 2.78. The minimum Gasteiger partial charge on any atom is -0.322 e. The molecule has 3 amide bonds. The van der Waals surface area contributed by atoms with Crippen LogP contribution in [-0.4, -0.2) is 28.7 Å². The monoisotopic (exact) mass is 288 g/mol. The number of hydrogen-bond acceptors (Lipinski definition) is 3. The van der Waals surface area contributed by atoms with Crippen LogP contribution in [-0.2, 0) is 16.1 Å². The van der Waals surface area contributed by atoms with E-state index in [1.54, 1.807) is 11.0 Å². The summed E-state index contributed by atoms with van der Waals surface area (Å²) in [4.78, 5) is 37.2. The van der Waals surface area contributed by atoms with Gasteiger partial charge in [0.15, 0.2) is 0 Å². The van der Waals surface area contributed by atoms with E-state index in [2.05, 4.69) is 5.32 Å². The molecule has 21 heavy (non-hydrogen) atoms. The number of nitrogens with one attached hydrogen (secondary N) is 1. The number of amides is 3. The first kappa shape index (κ1) is 15.2. The summed E-state index contributed by atoms with van der Waals surface area (Å²) in [5, 5.41) is 2.31. The lowest BCUT2D eigenvalue weighted by Crippen LogP contribution is -2.56. The Morgan fingerprint density at radius 2 is 1.81 bits per heavy atom. The number of carbonyl (C=O) groups excluding carboxylic acids is 3. The number of rotatable bonds is 1. The van der Waals surface area contributed by atoms with Crippen molar-refractivity contribution in [1.29, 1.82) is 0 Å². The first-order chi connectivity index (χ1) is 10.1. The largest absolute Gasteiger partial charge is 0.322 e. The SMILES string of the molecule is CC.CC1CC(=O)NC(=O)C1N1Cc2ccccc2C1=O. The van der Waals surface area contributed by atoms with Gasteiger partial charge in [-0.15, -0.1) is 0 Å². The lowest BCUT2D eigenvalue weighted by molar-refractivity contribution is -0.139. The van der Waals surface area contributed by atoms with Crippen LogP contribution in [0.25, 0.3) is 0 Å². The number of nitrogens with zero attached hydrogens (tertiary/aromatic N) is 1. The van der Waals surface area contributed by atoms with Crippen LogP contribution in [0.15, 0.2) is 24.3 Å². The number of carbonyl (C=O) groups is 3. The van der Waals surface area contributed by atoms with Gasteiger partial charge in [0.1, 0.15) is 6.04 Å². The van der Waals surface area contributed by atoms with Crippen molar-refractivity contribution in [2.75, 3.05) is 0 Å². The van der Waals surface area contributed by atoms with Crippen molar-refractivity contribution in [3.63, 3.8) is 0 Å². The number of hydrogen-bond donors (Lipinski definition) is 1. The van der Waals surface area contributed by atoms with Gasteiger partial charge in [-0.1, -0.05) is 39.0 Å². The lowest BCUT2D eigenvalue weighted by Gasteiger charge is -2.34. The van der Waals surface area contributed by atoms with Crippen molar-refractivity contribution in [3.05, 3.63) is 35.4 Å². The summed E-state index contributed by atoms with van der Waals surface area (Å²) in [5.74, 6) is -0.917. The zero-order valence-electron chi connectivity index (χ0n) is 12.6. The predicted molar refractivity (Wildman–Crippen MR) is 78.4 cm³/mol. The van der Waals surface area contributed by atoms with E-state index in [-0.39, 0.29) is 30.1 Å².